The van der Waals surface area contributed by atoms with Crippen molar-refractivity contribution < 1.29 is 4.79 Å². The summed E-state index contributed by atoms with van der Waals surface area (Å²) in [5, 5.41) is 7.63. The average molecular weight is 313 g/mol. The number of aryl methyl sites for hydroxylation is 1. The molecule has 0 bridgehead atoms. The standard InChI is InChI=1S/C16H13ClN4O/c1-11-13(6-4-9-18-11)19-16(22)14-8-10-21(20-14)15-7-3-2-5-12(15)17/h2-10H,1H3,(H,19,22). The minimum atomic E-state index is -0.290. The molecule has 110 valence electrons. The van der Waals surface area contributed by atoms with Crippen molar-refractivity contribution in [1.82, 2.24) is 14.8 Å². The van der Waals surface area contributed by atoms with Gasteiger partial charge in [0.25, 0.3) is 5.91 Å². The summed E-state index contributed by atoms with van der Waals surface area (Å²) in [6, 6.07) is 12.5. The highest BCUT2D eigenvalue weighted by Crippen LogP contribution is 2.19. The van der Waals surface area contributed by atoms with E-state index in [4.69, 9.17) is 11.6 Å². The Morgan fingerprint density at radius 2 is 2.00 bits per heavy atom. The molecule has 2 aromatic heterocycles. The second-order valence-electron chi connectivity index (χ2n) is 4.69. The van der Waals surface area contributed by atoms with Crippen LogP contribution in [0.3, 0.4) is 0 Å². The van der Waals surface area contributed by atoms with Gasteiger partial charge in [0.2, 0.25) is 0 Å². The quantitative estimate of drug-likeness (QED) is 0.805. The number of carbonyl (C=O) groups excluding carboxylic acids is 1. The Hall–Kier alpha value is -2.66. The molecule has 0 aliphatic heterocycles. The van der Waals surface area contributed by atoms with Crippen molar-refractivity contribution in [2.75, 3.05) is 5.32 Å². The van der Waals surface area contributed by atoms with Crippen LogP contribution < -0.4 is 5.32 Å². The molecule has 5 nitrogen and oxygen atoms in total. The molecule has 6 heteroatoms. The van der Waals surface area contributed by atoms with Gasteiger partial charge in [-0.3, -0.25) is 9.78 Å². The molecule has 1 aromatic carbocycles. The molecule has 0 aliphatic carbocycles. The predicted molar refractivity (Wildman–Crippen MR) is 85.5 cm³/mol. The molecule has 0 spiro atoms. The molecule has 0 radical (unpaired) electrons. The monoisotopic (exact) mass is 312 g/mol. The highest BCUT2D eigenvalue weighted by atomic mass is 35.5. The fourth-order valence-electron chi connectivity index (χ4n) is 2.02. The lowest BCUT2D eigenvalue weighted by atomic mass is 10.3. The Morgan fingerprint density at radius 3 is 2.77 bits per heavy atom. The van der Waals surface area contributed by atoms with Crippen molar-refractivity contribution in [2.45, 2.75) is 6.92 Å². The van der Waals surface area contributed by atoms with Crippen LogP contribution in [0.25, 0.3) is 5.69 Å². The van der Waals surface area contributed by atoms with Crippen LogP contribution in [0.5, 0.6) is 0 Å². The predicted octanol–water partition coefficient (Wildman–Crippen LogP) is 3.48. The van der Waals surface area contributed by atoms with Gasteiger partial charge in [-0.25, -0.2) is 4.68 Å². The van der Waals surface area contributed by atoms with Gasteiger partial charge in [-0.15, -0.1) is 0 Å². The van der Waals surface area contributed by atoms with E-state index in [0.717, 1.165) is 11.4 Å². The number of anilines is 1. The van der Waals surface area contributed by atoms with Gasteiger partial charge in [-0.05, 0) is 37.3 Å². The number of para-hydroxylation sites is 1. The summed E-state index contributed by atoms with van der Waals surface area (Å²) in [7, 11) is 0. The second kappa shape index (κ2) is 5.99. The fraction of sp³-hybridized carbons (Fsp3) is 0.0625. The van der Waals surface area contributed by atoms with Crippen LogP contribution >= 0.6 is 11.6 Å². The molecule has 2 heterocycles. The smallest absolute Gasteiger partial charge is 0.276 e. The lowest BCUT2D eigenvalue weighted by Crippen LogP contribution is -2.14. The Kier molecular flexibility index (Phi) is 3.89. The molecule has 0 atom stereocenters. The number of amides is 1. The van der Waals surface area contributed by atoms with Crippen LogP contribution in [0, 0.1) is 6.92 Å². The summed E-state index contributed by atoms with van der Waals surface area (Å²) in [6.07, 6.45) is 3.38. The Bertz CT molecular complexity index is 828. The largest absolute Gasteiger partial charge is 0.319 e. The highest BCUT2D eigenvalue weighted by Gasteiger charge is 2.12. The molecule has 0 unspecified atom stereocenters. The molecule has 0 saturated heterocycles. The third-order valence-electron chi connectivity index (χ3n) is 3.18. The van der Waals surface area contributed by atoms with E-state index in [1.807, 2.05) is 25.1 Å². The summed E-state index contributed by atoms with van der Waals surface area (Å²) >= 11 is 6.13. The number of nitrogens with zero attached hydrogens (tertiary/aromatic N) is 3. The third-order valence-corrected chi connectivity index (χ3v) is 3.50. The first-order chi connectivity index (χ1) is 10.6. The number of benzene rings is 1. The van der Waals surface area contributed by atoms with E-state index < -0.39 is 0 Å². The van der Waals surface area contributed by atoms with Crippen LogP contribution in [0.15, 0.2) is 54.9 Å². The number of hydrogen-bond donors (Lipinski definition) is 1. The molecule has 3 rings (SSSR count). The molecule has 0 saturated carbocycles. The Morgan fingerprint density at radius 1 is 1.18 bits per heavy atom. The van der Waals surface area contributed by atoms with Crippen molar-refractivity contribution >= 4 is 23.2 Å². The molecule has 1 amide bonds. The maximum Gasteiger partial charge on any atom is 0.276 e. The first-order valence-corrected chi connectivity index (χ1v) is 7.06. The van der Waals surface area contributed by atoms with Gasteiger partial charge in [0.15, 0.2) is 5.69 Å². The van der Waals surface area contributed by atoms with Crippen LogP contribution in [0.4, 0.5) is 5.69 Å². The zero-order valence-electron chi connectivity index (χ0n) is 11.8. The zero-order valence-corrected chi connectivity index (χ0v) is 12.6. The van der Waals surface area contributed by atoms with Crippen molar-refractivity contribution in [3.8, 4) is 5.69 Å². The minimum absolute atomic E-state index is 0.290. The summed E-state index contributed by atoms with van der Waals surface area (Å²) in [4.78, 5) is 16.4. The number of aromatic nitrogens is 3. The van der Waals surface area contributed by atoms with Crippen molar-refractivity contribution in [1.29, 1.82) is 0 Å². The van der Waals surface area contributed by atoms with Gasteiger partial charge in [0.05, 0.1) is 22.1 Å². The molecule has 3 aromatic rings. The van der Waals surface area contributed by atoms with Crippen molar-refractivity contribution in [2.24, 2.45) is 0 Å². The van der Waals surface area contributed by atoms with E-state index in [2.05, 4.69) is 15.4 Å². The van der Waals surface area contributed by atoms with Gasteiger partial charge in [0, 0.05) is 12.4 Å². The molecule has 0 aliphatic rings. The third kappa shape index (κ3) is 2.84. The Labute approximate surface area is 132 Å². The van der Waals surface area contributed by atoms with E-state index in [0.29, 0.717) is 16.4 Å². The van der Waals surface area contributed by atoms with Crippen molar-refractivity contribution in [3.63, 3.8) is 0 Å². The zero-order chi connectivity index (χ0) is 15.5. The van der Waals surface area contributed by atoms with E-state index in [1.54, 1.807) is 41.3 Å². The maximum atomic E-state index is 12.2. The molecule has 22 heavy (non-hydrogen) atoms. The summed E-state index contributed by atoms with van der Waals surface area (Å²) in [6.45, 7) is 1.83. The van der Waals surface area contributed by atoms with Crippen LogP contribution in [0.1, 0.15) is 16.2 Å². The van der Waals surface area contributed by atoms with E-state index in [1.165, 1.54) is 0 Å². The number of carbonyl (C=O) groups is 1. The molecular formula is C16H13ClN4O. The fourth-order valence-corrected chi connectivity index (χ4v) is 2.24. The van der Waals surface area contributed by atoms with E-state index >= 15 is 0 Å². The first-order valence-electron chi connectivity index (χ1n) is 6.69. The average Bonchev–Trinajstić information content (AvgIpc) is 3.00. The van der Waals surface area contributed by atoms with Crippen molar-refractivity contribution in [3.05, 3.63) is 71.3 Å². The van der Waals surface area contributed by atoms with Gasteiger partial charge < -0.3 is 5.32 Å². The number of halogens is 1. The van der Waals surface area contributed by atoms with Crippen LogP contribution in [0.2, 0.25) is 5.02 Å². The van der Waals surface area contributed by atoms with Crippen LogP contribution in [-0.4, -0.2) is 20.7 Å². The molecular weight excluding hydrogens is 300 g/mol. The second-order valence-corrected chi connectivity index (χ2v) is 5.09. The number of rotatable bonds is 3. The number of hydrogen-bond acceptors (Lipinski definition) is 3. The van der Waals surface area contributed by atoms with E-state index in [-0.39, 0.29) is 5.91 Å². The van der Waals surface area contributed by atoms with Crippen LogP contribution in [-0.2, 0) is 0 Å². The topological polar surface area (TPSA) is 59.8 Å². The van der Waals surface area contributed by atoms with Gasteiger partial charge in [-0.1, -0.05) is 23.7 Å². The molecule has 0 fully saturated rings. The highest BCUT2D eigenvalue weighted by molar-refractivity contribution is 6.32. The molecule has 1 N–H and O–H groups in total. The lowest BCUT2D eigenvalue weighted by Gasteiger charge is -2.06. The van der Waals surface area contributed by atoms with E-state index in [9.17, 15) is 4.79 Å². The summed E-state index contributed by atoms with van der Waals surface area (Å²) in [5.74, 6) is -0.290. The SMILES string of the molecule is Cc1ncccc1NC(=O)c1ccn(-c2ccccc2Cl)n1. The lowest BCUT2D eigenvalue weighted by molar-refractivity contribution is 0.102. The van der Waals surface area contributed by atoms with Gasteiger partial charge in [-0.2, -0.15) is 5.10 Å². The number of pyridine rings is 1. The van der Waals surface area contributed by atoms with Gasteiger partial charge in [0.1, 0.15) is 0 Å². The maximum absolute atomic E-state index is 12.2. The summed E-state index contributed by atoms with van der Waals surface area (Å²) in [5.41, 5.74) is 2.45. The van der Waals surface area contributed by atoms with Gasteiger partial charge >= 0.3 is 0 Å². The normalized spacial score (nSPS) is 10.5. The minimum Gasteiger partial charge on any atom is -0.319 e. The number of nitrogens with one attached hydrogen (secondary N) is 1. The first kappa shape index (κ1) is 14.3. The summed E-state index contributed by atoms with van der Waals surface area (Å²) < 4.78 is 1.58. The Balaban J connectivity index is 1.84.